The Labute approximate surface area is 198 Å². The number of ether oxygens (including phenoxy) is 2. The van der Waals surface area contributed by atoms with E-state index in [-0.39, 0.29) is 5.56 Å². The molecule has 1 aromatic heterocycles. The summed E-state index contributed by atoms with van der Waals surface area (Å²) in [6.07, 6.45) is 6.98. The molecule has 0 saturated heterocycles. The number of aromatic nitrogens is 2. The number of hydrogen-bond acceptors (Lipinski definition) is 7. The van der Waals surface area contributed by atoms with E-state index in [1.807, 2.05) is 24.3 Å². The maximum absolute atomic E-state index is 12.2. The van der Waals surface area contributed by atoms with Crippen LogP contribution in [-0.4, -0.2) is 36.1 Å². The standard InChI is InChI=1S/C25H25N3O5S/c29-25(28-34(30,31)22-10-11-22)19-8-6-18(7-9-19)15-32-21-3-1-2-20(12-21)23-13-27-24(14-26-23)33-16-17-4-5-17/h1-3,6-9,12-14,17,22H,4-5,10-11,15-16H2,(H,28,29). The molecule has 34 heavy (non-hydrogen) atoms. The summed E-state index contributed by atoms with van der Waals surface area (Å²) in [5, 5.41) is -0.440. The van der Waals surface area contributed by atoms with E-state index in [4.69, 9.17) is 9.47 Å². The molecular weight excluding hydrogens is 454 g/mol. The van der Waals surface area contributed by atoms with Crippen molar-refractivity contribution in [3.63, 3.8) is 0 Å². The zero-order valence-electron chi connectivity index (χ0n) is 18.5. The molecule has 3 aromatic rings. The third-order valence-corrected chi connectivity index (χ3v) is 7.56. The van der Waals surface area contributed by atoms with Crippen molar-refractivity contribution in [2.45, 2.75) is 37.5 Å². The minimum atomic E-state index is -3.57. The lowest BCUT2D eigenvalue weighted by molar-refractivity contribution is 0.0981. The molecule has 0 radical (unpaired) electrons. The van der Waals surface area contributed by atoms with Gasteiger partial charge >= 0.3 is 0 Å². The van der Waals surface area contributed by atoms with Gasteiger partial charge in [-0.3, -0.25) is 4.79 Å². The van der Waals surface area contributed by atoms with Gasteiger partial charge in [0.2, 0.25) is 15.9 Å². The van der Waals surface area contributed by atoms with Gasteiger partial charge in [-0.1, -0.05) is 24.3 Å². The zero-order valence-corrected chi connectivity index (χ0v) is 19.3. The number of nitrogens with one attached hydrogen (secondary N) is 1. The second kappa shape index (κ2) is 9.42. The monoisotopic (exact) mass is 479 g/mol. The van der Waals surface area contributed by atoms with Crippen molar-refractivity contribution in [2.24, 2.45) is 5.92 Å². The maximum Gasteiger partial charge on any atom is 0.264 e. The average molecular weight is 480 g/mol. The van der Waals surface area contributed by atoms with Crippen LogP contribution in [0.15, 0.2) is 60.9 Å². The summed E-state index contributed by atoms with van der Waals surface area (Å²) in [6, 6.07) is 14.2. The van der Waals surface area contributed by atoms with E-state index in [1.54, 1.807) is 36.7 Å². The van der Waals surface area contributed by atoms with Crippen molar-refractivity contribution in [1.82, 2.24) is 14.7 Å². The van der Waals surface area contributed by atoms with Gasteiger partial charge in [-0.15, -0.1) is 0 Å². The smallest absolute Gasteiger partial charge is 0.264 e. The third kappa shape index (κ3) is 5.72. The highest BCUT2D eigenvalue weighted by molar-refractivity contribution is 7.91. The highest BCUT2D eigenvalue weighted by Gasteiger charge is 2.36. The number of benzene rings is 2. The van der Waals surface area contributed by atoms with Crippen LogP contribution in [0.25, 0.3) is 11.3 Å². The first kappa shape index (κ1) is 22.3. The minimum absolute atomic E-state index is 0.290. The van der Waals surface area contributed by atoms with Crippen molar-refractivity contribution in [2.75, 3.05) is 6.61 Å². The van der Waals surface area contributed by atoms with Gasteiger partial charge < -0.3 is 9.47 Å². The molecule has 8 nitrogen and oxygen atoms in total. The molecule has 0 spiro atoms. The zero-order chi connectivity index (χ0) is 23.5. The van der Waals surface area contributed by atoms with Gasteiger partial charge in [0.05, 0.1) is 29.9 Å². The molecule has 1 N–H and O–H groups in total. The van der Waals surface area contributed by atoms with Crippen LogP contribution in [0.1, 0.15) is 41.6 Å². The molecule has 0 bridgehead atoms. The van der Waals surface area contributed by atoms with Crippen molar-refractivity contribution >= 4 is 15.9 Å². The minimum Gasteiger partial charge on any atom is -0.489 e. The summed E-state index contributed by atoms with van der Waals surface area (Å²) in [6.45, 7) is 0.994. The number of sulfonamides is 1. The lowest BCUT2D eigenvalue weighted by Gasteiger charge is -2.10. The fourth-order valence-corrected chi connectivity index (χ4v) is 4.64. The fraction of sp³-hybridized carbons (Fsp3) is 0.320. The Balaban J connectivity index is 1.17. The number of hydrogen-bond donors (Lipinski definition) is 1. The molecule has 0 aliphatic heterocycles. The van der Waals surface area contributed by atoms with Crippen LogP contribution in [0.3, 0.4) is 0 Å². The van der Waals surface area contributed by atoms with Crippen molar-refractivity contribution in [3.05, 3.63) is 72.1 Å². The molecule has 176 valence electrons. The van der Waals surface area contributed by atoms with E-state index in [2.05, 4.69) is 14.7 Å². The molecule has 0 unspecified atom stereocenters. The summed E-state index contributed by atoms with van der Waals surface area (Å²) in [4.78, 5) is 21.0. The Hall–Kier alpha value is -3.46. The number of amides is 1. The van der Waals surface area contributed by atoms with Crippen LogP contribution in [0.2, 0.25) is 0 Å². The molecule has 2 aliphatic carbocycles. The average Bonchev–Trinajstić information content (AvgIpc) is 3.76. The van der Waals surface area contributed by atoms with E-state index in [1.165, 1.54) is 12.8 Å². The van der Waals surface area contributed by atoms with Crippen molar-refractivity contribution < 1.29 is 22.7 Å². The Morgan fingerprint density at radius 1 is 0.971 bits per heavy atom. The highest BCUT2D eigenvalue weighted by Crippen LogP contribution is 2.29. The van der Waals surface area contributed by atoms with Gasteiger partial charge in [0.25, 0.3) is 5.91 Å². The van der Waals surface area contributed by atoms with Gasteiger partial charge in [0.15, 0.2) is 0 Å². The number of nitrogens with zero attached hydrogens (tertiary/aromatic N) is 2. The molecular formula is C25H25N3O5S. The second-order valence-corrected chi connectivity index (χ2v) is 10.6. The van der Waals surface area contributed by atoms with Gasteiger partial charge in [-0.25, -0.2) is 23.1 Å². The summed E-state index contributed by atoms with van der Waals surface area (Å²) in [5.74, 6) is 1.25. The van der Waals surface area contributed by atoms with Crippen LogP contribution in [0.4, 0.5) is 0 Å². The van der Waals surface area contributed by atoms with E-state index in [0.29, 0.717) is 43.6 Å². The van der Waals surface area contributed by atoms with Gasteiger partial charge in [-0.05, 0) is 61.4 Å². The first-order chi connectivity index (χ1) is 16.5. The van der Waals surface area contributed by atoms with Gasteiger partial charge in [-0.2, -0.15) is 0 Å². The molecule has 9 heteroatoms. The number of rotatable bonds is 10. The van der Waals surface area contributed by atoms with E-state index in [0.717, 1.165) is 16.8 Å². The fourth-order valence-electron chi connectivity index (χ4n) is 3.34. The largest absolute Gasteiger partial charge is 0.489 e. The van der Waals surface area contributed by atoms with Crippen LogP contribution in [0.5, 0.6) is 11.6 Å². The predicted octanol–water partition coefficient (Wildman–Crippen LogP) is 3.73. The number of carbonyl (C=O) groups excluding carboxylic acids is 1. The van der Waals surface area contributed by atoms with Gasteiger partial charge in [0.1, 0.15) is 12.4 Å². The Kier molecular flexibility index (Phi) is 6.19. The van der Waals surface area contributed by atoms with E-state index >= 15 is 0 Å². The van der Waals surface area contributed by atoms with Crippen LogP contribution in [-0.2, 0) is 16.6 Å². The first-order valence-electron chi connectivity index (χ1n) is 11.3. The second-order valence-electron chi connectivity index (χ2n) is 8.68. The molecule has 2 fully saturated rings. The summed E-state index contributed by atoms with van der Waals surface area (Å²) in [7, 11) is -3.57. The van der Waals surface area contributed by atoms with Crippen LogP contribution >= 0.6 is 0 Å². The molecule has 1 heterocycles. The topological polar surface area (TPSA) is 107 Å². The quantitative estimate of drug-likeness (QED) is 0.472. The molecule has 0 atom stereocenters. The molecule has 5 rings (SSSR count). The van der Waals surface area contributed by atoms with Gasteiger partial charge in [0, 0.05) is 11.1 Å². The molecule has 2 saturated carbocycles. The summed E-state index contributed by atoms with van der Waals surface area (Å²) < 4.78 is 37.6. The Morgan fingerprint density at radius 3 is 2.44 bits per heavy atom. The first-order valence-corrected chi connectivity index (χ1v) is 12.8. The normalized spacial score (nSPS) is 15.5. The lowest BCUT2D eigenvalue weighted by Crippen LogP contribution is -2.33. The Morgan fingerprint density at radius 2 is 1.76 bits per heavy atom. The van der Waals surface area contributed by atoms with E-state index < -0.39 is 21.2 Å². The highest BCUT2D eigenvalue weighted by atomic mass is 32.2. The van der Waals surface area contributed by atoms with Crippen molar-refractivity contribution in [1.29, 1.82) is 0 Å². The lowest BCUT2D eigenvalue weighted by atomic mass is 10.1. The predicted molar refractivity (Wildman–Crippen MR) is 126 cm³/mol. The van der Waals surface area contributed by atoms with Crippen molar-refractivity contribution in [3.8, 4) is 22.9 Å². The van der Waals surface area contributed by atoms with E-state index in [9.17, 15) is 13.2 Å². The molecule has 2 aromatic carbocycles. The SMILES string of the molecule is O=C(NS(=O)(=O)C1CC1)c1ccc(COc2cccc(-c3cnc(OCC4CC4)cn3)c2)cc1. The Bertz CT molecular complexity index is 1270. The number of carbonyl (C=O) groups is 1. The third-order valence-electron chi connectivity index (χ3n) is 5.74. The summed E-state index contributed by atoms with van der Waals surface area (Å²) in [5.41, 5.74) is 2.74. The molecule has 1 amide bonds. The maximum atomic E-state index is 12.2. The van der Waals surface area contributed by atoms with Crippen LogP contribution in [0, 0.1) is 5.92 Å². The summed E-state index contributed by atoms with van der Waals surface area (Å²) >= 11 is 0. The molecule has 2 aliphatic rings. The van der Waals surface area contributed by atoms with Crippen LogP contribution < -0.4 is 14.2 Å².